The normalized spacial score (nSPS) is 12.9. The summed E-state index contributed by atoms with van der Waals surface area (Å²) in [4.78, 5) is 11.9. The quantitative estimate of drug-likeness (QED) is 0.862. The summed E-state index contributed by atoms with van der Waals surface area (Å²) in [7, 11) is 1.51. The van der Waals surface area contributed by atoms with Crippen LogP contribution >= 0.6 is 0 Å². The molecule has 0 saturated heterocycles. The third kappa shape index (κ3) is 3.88. The van der Waals surface area contributed by atoms with Gasteiger partial charge in [0.2, 0.25) is 11.7 Å². The molecule has 130 valence electrons. The lowest BCUT2D eigenvalue weighted by Gasteiger charge is -2.20. The van der Waals surface area contributed by atoms with E-state index in [9.17, 15) is 13.6 Å². The summed E-state index contributed by atoms with van der Waals surface area (Å²) >= 11 is 0. The first-order valence-electron chi connectivity index (χ1n) is 7.48. The lowest BCUT2D eigenvalue weighted by atomic mass is 10.1. The Labute approximate surface area is 142 Å². The number of fused-ring (bicyclic) bond motifs is 1. The van der Waals surface area contributed by atoms with E-state index < -0.39 is 17.5 Å². The summed E-state index contributed by atoms with van der Waals surface area (Å²) in [5.41, 5.74) is 0.829. The van der Waals surface area contributed by atoms with Crippen molar-refractivity contribution >= 4 is 17.7 Å². The molecule has 2 aromatic carbocycles. The fourth-order valence-corrected chi connectivity index (χ4v) is 2.32. The van der Waals surface area contributed by atoms with Crippen LogP contribution in [0.2, 0.25) is 0 Å². The molecular formula is C18H15F2NO4. The van der Waals surface area contributed by atoms with Gasteiger partial charge in [-0.1, -0.05) is 0 Å². The van der Waals surface area contributed by atoms with Gasteiger partial charge in [-0.2, -0.15) is 0 Å². The van der Waals surface area contributed by atoms with Crippen LogP contribution in [0, 0.1) is 11.6 Å². The van der Waals surface area contributed by atoms with Crippen molar-refractivity contribution in [2.24, 2.45) is 0 Å². The lowest BCUT2D eigenvalue weighted by molar-refractivity contribution is -0.111. The molecule has 0 fully saturated rings. The number of halogens is 2. The van der Waals surface area contributed by atoms with Crippen LogP contribution in [0.1, 0.15) is 5.56 Å². The van der Waals surface area contributed by atoms with E-state index in [4.69, 9.17) is 14.2 Å². The van der Waals surface area contributed by atoms with Crippen molar-refractivity contribution in [1.29, 1.82) is 0 Å². The molecule has 0 radical (unpaired) electrons. The van der Waals surface area contributed by atoms with E-state index in [0.29, 0.717) is 36.0 Å². The largest absolute Gasteiger partial charge is 0.493 e. The minimum absolute atomic E-state index is 0.160. The molecule has 1 N–H and O–H groups in total. The van der Waals surface area contributed by atoms with Crippen LogP contribution in [0.5, 0.6) is 17.2 Å². The molecule has 1 aliphatic rings. The first-order chi connectivity index (χ1) is 12.1. The van der Waals surface area contributed by atoms with E-state index in [1.165, 1.54) is 19.3 Å². The van der Waals surface area contributed by atoms with E-state index in [0.717, 1.165) is 12.1 Å². The zero-order valence-corrected chi connectivity index (χ0v) is 13.3. The summed E-state index contributed by atoms with van der Waals surface area (Å²) in [5.74, 6) is -0.934. The maximum absolute atomic E-state index is 13.1. The number of benzene rings is 2. The molecule has 0 spiro atoms. The van der Waals surface area contributed by atoms with Crippen LogP contribution in [0.4, 0.5) is 14.5 Å². The molecule has 0 atom stereocenters. The molecule has 5 nitrogen and oxygen atoms in total. The topological polar surface area (TPSA) is 56.8 Å². The number of carbonyl (C=O) groups is 1. The van der Waals surface area contributed by atoms with Crippen LogP contribution in [0.15, 0.2) is 36.4 Å². The zero-order chi connectivity index (χ0) is 17.8. The Morgan fingerprint density at radius 1 is 1.16 bits per heavy atom. The average Bonchev–Trinajstić information content (AvgIpc) is 2.62. The predicted molar refractivity (Wildman–Crippen MR) is 88.0 cm³/mol. The molecule has 1 amide bonds. The van der Waals surface area contributed by atoms with Crippen LogP contribution in [-0.2, 0) is 4.79 Å². The lowest BCUT2D eigenvalue weighted by Crippen LogP contribution is -2.16. The highest BCUT2D eigenvalue weighted by Crippen LogP contribution is 2.40. The van der Waals surface area contributed by atoms with Gasteiger partial charge in [0, 0.05) is 17.8 Å². The number of hydrogen-bond acceptors (Lipinski definition) is 4. The number of nitrogens with one attached hydrogen (secondary N) is 1. The van der Waals surface area contributed by atoms with E-state index in [-0.39, 0.29) is 5.69 Å². The predicted octanol–water partition coefficient (Wildman–Crippen LogP) is 3.40. The summed E-state index contributed by atoms with van der Waals surface area (Å²) in [6.07, 6.45) is 2.82. The Morgan fingerprint density at radius 2 is 1.96 bits per heavy atom. The Bertz CT molecular complexity index is 819. The molecule has 0 bridgehead atoms. The molecular weight excluding hydrogens is 332 g/mol. The van der Waals surface area contributed by atoms with Crippen molar-refractivity contribution in [2.45, 2.75) is 0 Å². The van der Waals surface area contributed by atoms with Crippen molar-refractivity contribution in [3.63, 3.8) is 0 Å². The molecule has 2 aromatic rings. The maximum Gasteiger partial charge on any atom is 0.248 e. The number of carbonyl (C=O) groups excluding carboxylic acids is 1. The summed E-state index contributed by atoms with van der Waals surface area (Å²) < 4.78 is 42.3. The number of anilines is 1. The third-order valence-corrected chi connectivity index (χ3v) is 3.46. The number of rotatable bonds is 4. The minimum Gasteiger partial charge on any atom is -0.493 e. The highest BCUT2D eigenvalue weighted by molar-refractivity contribution is 6.02. The second-order valence-electron chi connectivity index (χ2n) is 5.20. The molecule has 0 unspecified atom stereocenters. The van der Waals surface area contributed by atoms with E-state index in [1.807, 2.05) is 0 Å². The van der Waals surface area contributed by atoms with Gasteiger partial charge in [0.05, 0.1) is 7.11 Å². The second kappa shape index (κ2) is 7.21. The summed E-state index contributed by atoms with van der Waals surface area (Å²) in [6, 6.07) is 6.55. The first kappa shape index (κ1) is 16.8. The number of ether oxygens (including phenoxy) is 3. The van der Waals surface area contributed by atoms with Crippen molar-refractivity contribution in [2.75, 3.05) is 25.6 Å². The van der Waals surface area contributed by atoms with Gasteiger partial charge in [0.1, 0.15) is 13.2 Å². The highest BCUT2D eigenvalue weighted by Gasteiger charge is 2.17. The van der Waals surface area contributed by atoms with Gasteiger partial charge in [-0.05, 0) is 35.9 Å². The fraction of sp³-hybridized carbons (Fsp3) is 0.167. The van der Waals surface area contributed by atoms with E-state index in [2.05, 4.69) is 5.32 Å². The SMILES string of the molecule is COc1cc(/C=C/C(=O)Nc2ccc(F)c(F)c2)cc2c1OCCO2. The molecule has 0 aromatic heterocycles. The molecule has 7 heteroatoms. The monoisotopic (exact) mass is 347 g/mol. The Morgan fingerprint density at radius 3 is 2.72 bits per heavy atom. The van der Waals surface area contributed by atoms with Crippen molar-refractivity contribution in [3.05, 3.63) is 53.6 Å². The highest BCUT2D eigenvalue weighted by atomic mass is 19.2. The Balaban J connectivity index is 1.74. The van der Waals surface area contributed by atoms with Crippen LogP contribution in [-0.4, -0.2) is 26.2 Å². The van der Waals surface area contributed by atoms with Crippen molar-refractivity contribution < 1.29 is 27.8 Å². The fourth-order valence-electron chi connectivity index (χ4n) is 2.32. The van der Waals surface area contributed by atoms with Crippen LogP contribution in [0.25, 0.3) is 6.08 Å². The van der Waals surface area contributed by atoms with Gasteiger partial charge in [-0.3, -0.25) is 4.79 Å². The summed E-state index contributed by atoms with van der Waals surface area (Å²) in [6.45, 7) is 0.870. The van der Waals surface area contributed by atoms with Gasteiger partial charge >= 0.3 is 0 Å². The first-order valence-corrected chi connectivity index (χ1v) is 7.48. The van der Waals surface area contributed by atoms with Crippen LogP contribution in [0.3, 0.4) is 0 Å². The maximum atomic E-state index is 13.1. The van der Waals surface area contributed by atoms with E-state index >= 15 is 0 Å². The van der Waals surface area contributed by atoms with Gasteiger partial charge in [-0.15, -0.1) is 0 Å². The van der Waals surface area contributed by atoms with E-state index in [1.54, 1.807) is 18.2 Å². The summed E-state index contributed by atoms with van der Waals surface area (Å²) in [5, 5.41) is 2.45. The van der Waals surface area contributed by atoms with Crippen LogP contribution < -0.4 is 19.5 Å². The van der Waals surface area contributed by atoms with Gasteiger partial charge in [-0.25, -0.2) is 8.78 Å². The zero-order valence-electron chi connectivity index (χ0n) is 13.3. The van der Waals surface area contributed by atoms with Gasteiger partial charge < -0.3 is 19.5 Å². The van der Waals surface area contributed by atoms with Crippen molar-refractivity contribution in [1.82, 2.24) is 0 Å². The molecule has 0 saturated carbocycles. The number of amides is 1. The average molecular weight is 347 g/mol. The van der Waals surface area contributed by atoms with Gasteiger partial charge in [0.25, 0.3) is 0 Å². The Hall–Kier alpha value is -3.09. The molecule has 25 heavy (non-hydrogen) atoms. The molecule has 1 aliphatic heterocycles. The van der Waals surface area contributed by atoms with Gasteiger partial charge in [0.15, 0.2) is 23.1 Å². The molecule has 3 rings (SSSR count). The standard InChI is InChI=1S/C18H15F2NO4/c1-23-15-8-11(9-16-18(15)25-7-6-24-16)2-5-17(22)21-12-3-4-13(19)14(20)10-12/h2-5,8-10H,6-7H2,1H3,(H,21,22)/b5-2+. The number of methoxy groups -OCH3 is 1. The third-order valence-electron chi connectivity index (χ3n) is 3.46. The smallest absolute Gasteiger partial charge is 0.248 e. The number of hydrogen-bond donors (Lipinski definition) is 1. The van der Waals surface area contributed by atoms with Crippen molar-refractivity contribution in [3.8, 4) is 17.2 Å². The minimum atomic E-state index is -1.03. The molecule has 1 heterocycles. The Kier molecular flexibility index (Phi) is 4.83. The second-order valence-corrected chi connectivity index (χ2v) is 5.20. The molecule has 0 aliphatic carbocycles.